The Balaban J connectivity index is 2.24. The van der Waals surface area contributed by atoms with Crippen LogP contribution in [0.25, 0.3) is 0 Å². The molecule has 18 heavy (non-hydrogen) atoms. The predicted octanol–water partition coefficient (Wildman–Crippen LogP) is 2.69. The van der Waals surface area contributed by atoms with Crippen molar-refractivity contribution in [2.45, 2.75) is 12.3 Å². The van der Waals surface area contributed by atoms with Gasteiger partial charge in [-0.05, 0) is 24.1 Å². The highest BCUT2D eigenvalue weighted by Crippen LogP contribution is 2.12. The molecule has 0 atom stereocenters. The topological polar surface area (TPSA) is 56.2 Å². The summed E-state index contributed by atoms with van der Waals surface area (Å²) in [5, 5.41) is 4.61. The second kappa shape index (κ2) is 5.30. The van der Waals surface area contributed by atoms with E-state index in [1.807, 2.05) is 6.92 Å². The molecule has 2 rings (SSSR count). The van der Waals surface area contributed by atoms with Crippen LogP contribution in [0.5, 0.6) is 0 Å². The van der Waals surface area contributed by atoms with Gasteiger partial charge in [0.1, 0.15) is 5.82 Å². The van der Waals surface area contributed by atoms with Crippen LogP contribution in [0, 0.1) is 12.7 Å². The molecule has 0 aliphatic rings. The molecule has 6 heteroatoms. The second-order valence-corrected chi connectivity index (χ2v) is 4.37. The Bertz CT molecular complexity index is 592. The van der Waals surface area contributed by atoms with Crippen LogP contribution in [0.15, 0.2) is 29.5 Å². The van der Waals surface area contributed by atoms with E-state index in [0.29, 0.717) is 22.4 Å². The van der Waals surface area contributed by atoms with Crippen molar-refractivity contribution < 1.29 is 4.39 Å². The minimum absolute atomic E-state index is 0.259. The van der Waals surface area contributed by atoms with Crippen molar-refractivity contribution in [3.8, 4) is 0 Å². The van der Waals surface area contributed by atoms with Crippen LogP contribution in [0.3, 0.4) is 0 Å². The number of nitrogens with two attached hydrogens (primary N) is 1. The number of aryl methyl sites for hydroxylation is 1. The van der Waals surface area contributed by atoms with Crippen molar-refractivity contribution in [2.24, 2.45) is 5.10 Å². The Kier molecular flexibility index (Phi) is 3.76. The molecule has 0 unspecified atom stereocenters. The van der Waals surface area contributed by atoms with Gasteiger partial charge in [0.2, 0.25) is 5.95 Å². The van der Waals surface area contributed by atoms with Crippen molar-refractivity contribution in [3.63, 3.8) is 0 Å². The number of hydrogen-bond acceptors (Lipinski definition) is 3. The van der Waals surface area contributed by atoms with Crippen LogP contribution in [-0.2, 0) is 5.33 Å². The summed E-state index contributed by atoms with van der Waals surface area (Å²) in [5.74, 6) is 0.0481. The first-order valence-electron chi connectivity index (χ1n) is 5.30. The third kappa shape index (κ3) is 2.76. The average Bonchev–Trinajstić information content (AvgIpc) is 2.65. The molecule has 1 aromatic heterocycles. The van der Waals surface area contributed by atoms with Gasteiger partial charge in [0.15, 0.2) is 0 Å². The number of benzene rings is 1. The lowest BCUT2D eigenvalue weighted by atomic mass is 10.1. The molecule has 0 fully saturated rings. The number of alkyl halides is 1. The van der Waals surface area contributed by atoms with Gasteiger partial charge < -0.3 is 5.73 Å². The van der Waals surface area contributed by atoms with Gasteiger partial charge in [-0.3, -0.25) is 0 Å². The Morgan fingerprint density at radius 2 is 2.33 bits per heavy atom. The molecule has 2 aromatic rings. The van der Waals surface area contributed by atoms with Gasteiger partial charge in [0, 0.05) is 5.33 Å². The molecule has 1 heterocycles. The molecular weight excluding hydrogens is 299 g/mol. The van der Waals surface area contributed by atoms with E-state index in [2.05, 4.69) is 26.0 Å². The number of hydrogen-bond donors (Lipinski definition) is 1. The summed E-state index contributed by atoms with van der Waals surface area (Å²) in [5.41, 5.74) is 7.71. The van der Waals surface area contributed by atoms with E-state index in [-0.39, 0.29) is 5.82 Å². The quantitative estimate of drug-likeness (QED) is 0.700. The number of rotatable bonds is 3. The molecule has 2 N–H and O–H groups in total. The monoisotopic (exact) mass is 310 g/mol. The number of imidazole rings is 1. The van der Waals surface area contributed by atoms with E-state index in [0.717, 1.165) is 5.69 Å². The Morgan fingerprint density at radius 3 is 2.89 bits per heavy atom. The fourth-order valence-electron chi connectivity index (χ4n) is 1.48. The summed E-state index contributed by atoms with van der Waals surface area (Å²) in [4.78, 5) is 4.01. The van der Waals surface area contributed by atoms with Gasteiger partial charge in [-0.15, -0.1) is 0 Å². The minimum atomic E-state index is -0.259. The summed E-state index contributed by atoms with van der Waals surface area (Å²) in [6.45, 7) is 1.83. The van der Waals surface area contributed by atoms with E-state index in [1.165, 1.54) is 10.7 Å². The van der Waals surface area contributed by atoms with Crippen molar-refractivity contribution in [3.05, 3.63) is 47.0 Å². The van der Waals surface area contributed by atoms with Gasteiger partial charge in [-0.2, -0.15) is 5.10 Å². The van der Waals surface area contributed by atoms with E-state index in [4.69, 9.17) is 5.73 Å². The van der Waals surface area contributed by atoms with Crippen molar-refractivity contribution >= 4 is 28.1 Å². The molecule has 0 bridgehead atoms. The zero-order valence-corrected chi connectivity index (χ0v) is 11.4. The SMILES string of the molecule is Cc1cn(N=Cc2ccc(CBr)c(F)c2)c(N)n1. The molecule has 0 amide bonds. The summed E-state index contributed by atoms with van der Waals surface area (Å²) >= 11 is 3.22. The molecular formula is C12H12BrFN4. The number of nitrogen functional groups attached to an aromatic ring is 1. The zero-order valence-electron chi connectivity index (χ0n) is 9.77. The third-order valence-corrected chi connectivity index (χ3v) is 2.99. The lowest BCUT2D eigenvalue weighted by molar-refractivity contribution is 0.617. The fraction of sp³-hybridized carbons (Fsp3) is 0.167. The van der Waals surface area contributed by atoms with Crippen molar-refractivity contribution in [1.82, 2.24) is 9.66 Å². The number of halogens is 2. The second-order valence-electron chi connectivity index (χ2n) is 3.81. The van der Waals surface area contributed by atoms with Crippen LogP contribution < -0.4 is 5.73 Å². The normalized spacial score (nSPS) is 11.3. The Labute approximate surface area is 112 Å². The largest absolute Gasteiger partial charge is 0.368 e. The van der Waals surface area contributed by atoms with Gasteiger partial charge >= 0.3 is 0 Å². The highest BCUT2D eigenvalue weighted by molar-refractivity contribution is 9.08. The Morgan fingerprint density at radius 1 is 1.56 bits per heavy atom. The molecule has 0 saturated carbocycles. The molecule has 1 aromatic carbocycles. The van der Waals surface area contributed by atoms with Gasteiger partial charge in [0.25, 0.3) is 0 Å². The molecule has 4 nitrogen and oxygen atoms in total. The highest BCUT2D eigenvalue weighted by atomic mass is 79.9. The number of anilines is 1. The van der Waals surface area contributed by atoms with Crippen LogP contribution >= 0.6 is 15.9 Å². The smallest absolute Gasteiger partial charge is 0.221 e. The maximum Gasteiger partial charge on any atom is 0.221 e. The molecule has 0 radical (unpaired) electrons. The van der Waals surface area contributed by atoms with Crippen LogP contribution in [0.1, 0.15) is 16.8 Å². The van der Waals surface area contributed by atoms with Gasteiger partial charge in [-0.1, -0.05) is 28.1 Å². The fourth-order valence-corrected chi connectivity index (χ4v) is 1.93. The summed E-state index contributed by atoms with van der Waals surface area (Å²) < 4.78 is 15.0. The maximum absolute atomic E-state index is 13.5. The number of nitrogens with zero attached hydrogens (tertiary/aromatic N) is 3. The molecule has 0 aliphatic heterocycles. The van der Waals surface area contributed by atoms with E-state index < -0.39 is 0 Å². The Hall–Kier alpha value is -1.69. The predicted molar refractivity (Wildman–Crippen MR) is 73.4 cm³/mol. The first kappa shape index (κ1) is 12.8. The van der Waals surface area contributed by atoms with E-state index >= 15 is 0 Å². The lowest BCUT2D eigenvalue weighted by Gasteiger charge is -2.00. The zero-order chi connectivity index (χ0) is 13.1. The first-order chi connectivity index (χ1) is 8.60. The van der Waals surface area contributed by atoms with E-state index in [9.17, 15) is 4.39 Å². The van der Waals surface area contributed by atoms with Crippen LogP contribution in [-0.4, -0.2) is 15.9 Å². The highest BCUT2D eigenvalue weighted by Gasteiger charge is 2.02. The number of aromatic nitrogens is 2. The molecule has 94 valence electrons. The summed E-state index contributed by atoms with van der Waals surface area (Å²) in [6, 6.07) is 4.94. The van der Waals surface area contributed by atoms with E-state index in [1.54, 1.807) is 24.5 Å². The van der Waals surface area contributed by atoms with Gasteiger partial charge in [-0.25, -0.2) is 14.1 Å². The average molecular weight is 311 g/mol. The maximum atomic E-state index is 13.5. The van der Waals surface area contributed by atoms with Crippen LogP contribution in [0.2, 0.25) is 0 Å². The third-order valence-electron chi connectivity index (χ3n) is 2.39. The summed E-state index contributed by atoms with van der Waals surface area (Å²) in [6.07, 6.45) is 3.24. The molecule has 0 aliphatic carbocycles. The standard InChI is InChI=1S/C12H12BrFN4/c1-8-7-18(12(15)17-8)16-6-9-2-3-10(5-13)11(14)4-9/h2-4,6-7H,5H2,1H3,(H2,15,17). The first-order valence-corrected chi connectivity index (χ1v) is 6.42. The van der Waals surface area contributed by atoms with Gasteiger partial charge in [0.05, 0.1) is 18.1 Å². The lowest BCUT2D eigenvalue weighted by Crippen LogP contribution is -1.97. The summed E-state index contributed by atoms with van der Waals surface area (Å²) in [7, 11) is 0. The van der Waals surface area contributed by atoms with Crippen molar-refractivity contribution in [1.29, 1.82) is 0 Å². The molecule has 0 saturated heterocycles. The van der Waals surface area contributed by atoms with Crippen molar-refractivity contribution in [2.75, 3.05) is 5.73 Å². The van der Waals surface area contributed by atoms with Crippen LogP contribution in [0.4, 0.5) is 10.3 Å². The minimum Gasteiger partial charge on any atom is -0.368 e. The molecule has 0 spiro atoms.